The molecule has 0 saturated carbocycles. The number of nitrogen functional groups attached to an aromatic ring is 1. The van der Waals surface area contributed by atoms with E-state index in [2.05, 4.69) is 5.32 Å². The number of ether oxygens (including phenoxy) is 1. The molecule has 0 atom stereocenters. The van der Waals surface area contributed by atoms with Crippen molar-refractivity contribution in [3.63, 3.8) is 0 Å². The van der Waals surface area contributed by atoms with E-state index in [9.17, 15) is 9.18 Å². The summed E-state index contributed by atoms with van der Waals surface area (Å²) in [5.41, 5.74) is 7.41. The van der Waals surface area contributed by atoms with Gasteiger partial charge in [-0.2, -0.15) is 0 Å². The minimum atomic E-state index is -0.540. The van der Waals surface area contributed by atoms with Crippen LogP contribution < -0.4 is 11.1 Å². The highest BCUT2D eigenvalue weighted by Crippen LogP contribution is 2.28. The number of halogens is 2. The lowest BCUT2D eigenvalue weighted by molar-refractivity contribution is 0.0527. The van der Waals surface area contributed by atoms with Crippen LogP contribution in [-0.2, 0) is 4.74 Å². The van der Waals surface area contributed by atoms with Crippen LogP contribution in [0.4, 0.5) is 21.5 Å². The van der Waals surface area contributed by atoms with E-state index in [1.54, 1.807) is 31.2 Å². The Kier molecular flexibility index (Phi) is 4.65. The number of benzene rings is 2. The van der Waals surface area contributed by atoms with E-state index < -0.39 is 11.8 Å². The van der Waals surface area contributed by atoms with Crippen molar-refractivity contribution in [3.05, 3.63) is 52.8 Å². The van der Waals surface area contributed by atoms with E-state index in [1.165, 1.54) is 12.1 Å². The Morgan fingerprint density at radius 3 is 2.81 bits per heavy atom. The van der Waals surface area contributed by atoms with Gasteiger partial charge in [0.15, 0.2) is 0 Å². The van der Waals surface area contributed by atoms with Crippen LogP contribution in [0.3, 0.4) is 0 Å². The van der Waals surface area contributed by atoms with Crippen molar-refractivity contribution in [3.8, 4) is 0 Å². The van der Waals surface area contributed by atoms with Gasteiger partial charge >= 0.3 is 5.97 Å². The zero-order valence-electron chi connectivity index (χ0n) is 11.3. The highest BCUT2D eigenvalue weighted by Gasteiger charge is 2.13. The van der Waals surface area contributed by atoms with Crippen molar-refractivity contribution in [2.45, 2.75) is 6.92 Å². The first-order chi connectivity index (χ1) is 10.0. The monoisotopic (exact) mass is 308 g/mol. The van der Waals surface area contributed by atoms with Gasteiger partial charge in [-0.05, 0) is 37.3 Å². The Bertz CT molecular complexity index is 677. The Labute approximate surface area is 126 Å². The topological polar surface area (TPSA) is 64.3 Å². The van der Waals surface area contributed by atoms with E-state index in [0.717, 1.165) is 0 Å². The summed E-state index contributed by atoms with van der Waals surface area (Å²) in [5.74, 6) is -1.04. The van der Waals surface area contributed by atoms with Gasteiger partial charge in [0.1, 0.15) is 5.82 Å². The van der Waals surface area contributed by atoms with Gasteiger partial charge in [-0.15, -0.1) is 0 Å². The van der Waals surface area contributed by atoms with Gasteiger partial charge in [0.25, 0.3) is 0 Å². The number of rotatable bonds is 4. The van der Waals surface area contributed by atoms with Crippen molar-refractivity contribution in [1.82, 2.24) is 0 Å². The van der Waals surface area contributed by atoms with Gasteiger partial charge in [-0.3, -0.25) is 0 Å². The Hall–Kier alpha value is -2.27. The van der Waals surface area contributed by atoms with Gasteiger partial charge < -0.3 is 15.8 Å². The summed E-state index contributed by atoms with van der Waals surface area (Å²) in [7, 11) is 0. The molecule has 4 nitrogen and oxygen atoms in total. The van der Waals surface area contributed by atoms with Crippen molar-refractivity contribution in [2.24, 2.45) is 0 Å². The van der Waals surface area contributed by atoms with Crippen LogP contribution in [0.1, 0.15) is 17.3 Å². The zero-order chi connectivity index (χ0) is 15.4. The number of carbonyl (C=O) groups is 1. The molecule has 110 valence electrons. The van der Waals surface area contributed by atoms with E-state index in [-0.39, 0.29) is 22.9 Å². The predicted molar refractivity (Wildman–Crippen MR) is 81.5 cm³/mol. The number of para-hydroxylation sites is 1. The first-order valence-electron chi connectivity index (χ1n) is 6.30. The minimum Gasteiger partial charge on any atom is -0.462 e. The fourth-order valence-corrected chi connectivity index (χ4v) is 1.91. The second kappa shape index (κ2) is 6.45. The maximum Gasteiger partial charge on any atom is 0.340 e. The molecule has 0 spiro atoms. The molecule has 0 amide bonds. The van der Waals surface area contributed by atoms with Gasteiger partial charge in [0.2, 0.25) is 0 Å². The molecule has 21 heavy (non-hydrogen) atoms. The number of hydrogen-bond donors (Lipinski definition) is 2. The summed E-state index contributed by atoms with van der Waals surface area (Å²) in [5, 5.41) is 2.98. The summed E-state index contributed by atoms with van der Waals surface area (Å²) in [4.78, 5) is 11.8. The largest absolute Gasteiger partial charge is 0.462 e. The molecule has 0 bridgehead atoms. The fraction of sp³-hybridized carbons (Fsp3) is 0.133. The molecule has 6 heteroatoms. The standard InChI is InChI=1S/C15H14ClFN2O2/c1-2-21-15(20)10-4-3-5-13(14(10)18)19-9-6-7-11(16)12(17)8-9/h3-8,19H,2,18H2,1H3. The highest BCUT2D eigenvalue weighted by molar-refractivity contribution is 6.30. The molecule has 0 aliphatic heterocycles. The number of hydrogen-bond acceptors (Lipinski definition) is 4. The van der Waals surface area contributed by atoms with Crippen LogP contribution >= 0.6 is 11.6 Å². The van der Waals surface area contributed by atoms with Gasteiger partial charge in [0, 0.05) is 5.69 Å². The second-order valence-corrected chi connectivity index (χ2v) is 4.65. The van der Waals surface area contributed by atoms with Crippen molar-refractivity contribution in [1.29, 1.82) is 0 Å². The molecule has 3 N–H and O–H groups in total. The normalized spacial score (nSPS) is 10.2. The first kappa shape index (κ1) is 15.1. The van der Waals surface area contributed by atoms with Gasteiger partial charge in [-0.25, -0.2) is 9.18 Å². The third-order valence-corrected chi connectivity index (χ3v) is 3.11. The molecule has 2 aromatic carbocycles. The summed E-state index contributed by atoms with van der Waals surface area (Å²) in [6.45, 7) is 1.98. The molecule has 0 aromatic heterocycles. The fourth-order valence-electron chi connectivity index (χ4n) is 1.79. The molecule has 0 saturated heterocycles. The highest BCUT2D eigenvalue weighted by atomic mass is 35.5. The molecule has 0 aliphatic carbocycles. The van der Waals surface area contributed by atoms with Crippen LogP contribution in [0.5, 0.6) is 0 Å². The van der Waals surface area contributed by atoms with Crippen molar-refractivity contribution >= 4 is 34.6 Å². The quantitative estimate of drug-likeness (QED) is 0.662. The zero-order valence-corrected chi connectivity index (χ0v) is 12.1. The third-order valence-electron chi connectivity index (χ3n) is 2.80. The van der Waals surface area contributed by atoms with Gasteiger partial charge in [-0.1, -0.05) is 17.7 Å². The van der Waals surface area contributed by atoms with Crippen LogP contribution in [0.25, 0.3) is 0 Å². The molecule has 2 aromatic rings. The molecule has 0 unspecified atom stereocenters. The molecule has 0 aliphatic rings. The lowest BCUT2D eigenvalue weighted by atomic mass is 10.1. The third kappa shape index (κ3) is 3.44. The van der Waals surface area contributed by atoms with Crippen LogP contribution in [-0.4, -0.2) is 12.6 Å². The van der Waals surface area contributed by atoms with E-state index in [0.29, 0.717) is 11.4 Å². The molecule has 0 heterocycles. The van der Waals surface area contributed by atoms with E-state index in [1.807, 2.05) is 0 Å². The molecular formula is C15H14ClFN2O2. The summed E-state index contributed by atoms with van der Waals surface area (Å²) >= 11 is 5.63. The number of esters is 1. The molecule has 2 rings (SSSR count). The number of anilines is 3. The maximum absolute atomic E-state index is 13.4. The first-order valence-corrected chi connectivity index (χ1v) is 6.68. The molecule has 0 fully saturated rings. The SMILES string of the molecule is CCOC(=O)c1cccc(Nc2ccc(Cl)c(F)c2)c1N. The molecular weight excluding hydrogens is 295 g/mol. The summed E-state index contributed by atoms with van der Waals surface area (Å²) < 4.78 is 18.3. The average molecular weight is 309 g/mol. The summed E-state index contributed by atoms with van der Waals surface area (Å²) in [6, 6.07) is 9.22. The van der Waals surface area contributed by atoms with Crippen molar-refractivity contribution < 1.29 is 13.9 Å². The van der Waals surface area contributed by atoms with Gasteiger partial charge in [0.05, 0.1) is 28.6 Å². The summed E-state index contributed by atoms with van der Waals surface area (Å²) in [6.07, 6.45) is 0. The lowest BCUT2D eigenvalue weighted by Crippen LogP contribution is -2.09. The van der Waals surface area contributed by atoms with Crippen LogP contribution in [0.2, 0.25) is 5.02 Å². The van der Waals surface area contributed by atoms with E-state index >= 15 is 0 Å². The second-order valence-electron chi connectivity index (χ2n) is 4.24. The average Bonchev–Trinajstić information content (AvgIpc) is 2.45. The number of nitrogens with one attached hydrogen (secondary N) is 1. The van der Waals surface area contributed by atoms with Crippen molar-refractivity contribution in [2.75, 3.05) is 17.7 Å². The smallest absolute Gasteiger partial charge is 0.340 e. The Morgan fingerprint density at radius 1 is 1.38 bits per heavy atom. The molecule has 0 radical (unpaired) electrons. The number of nitrogens with two attached hydrogens (primary N) is 1. The predicted octanol–water partition coefficient (Wildman–Crippen LogP) is 3.98. The minimum absolute atomic E-state index is 0.0359. The lowest BCUT2D eigenvalue weighted by Gasteiger charge is -2.12. The van der Waals surface area contributed by atoms with E-state index in [4.69, 9.17) is 22.1 Å². The Balaban J connectivity index is 2.30. The van der Waals surface area contributed by atoms with Crippen LogP contribution in [0, 0.1) is 5.82 Å². The van der Waals surface area contributed by atoms with Crippen LogP contribution in [0.15, 0.2) is 36.4 Å². The number of carbonyl (C=O) groups excluding carboxylic acids is 1. The Morgan fingerprint density at radius 2 is 2.14 bits per heavy atom. The maximum atomic E-state index is 13.4.